The molecule has 1 aromatic carbocycles. The van der Waals surface area contributed by atoms with Gasteiger partial charge in [-0.15, -0.1) is 0 Å². The number of guanidine groups is 1. The summed E-state index contributed by atoms with van der Waals surface area (Å²) in [6.45, 7) is 6.71. The summed E-state index contributed by atoms with van der Waals surface area (Å²) >= 11 is 5.91. The predicted octanol–water partition coefficient (Wildman–Crippen LogP) is 2.82. The van der Waals surface area contributed by atoms with E-state index in [-0.39, 0.29) is 0 Å². The number of nitrogens with zero attached hydrogens (tertiary/aromatic N) is 2. The second kappa shape index (κ2) is 9.01. The average Bonchev–Trinajstić information content (AvgIpc) is 2.97. The van der Waals surface area contributed by atoms with Gasteiger partial charge in [-0.3, -0.25) is 4.99 Å². The molecule has 2 rings (SSSR count). The molecule has 0 bridgehead atoms. The van der Waals surface area contributed by atoms with Crippen LogP contribution in [0.25, 0.3) is 0 Å². The zero-order chi connectivity index (χ0) is 15.8. The van der Waals surface area contributed by atoms with Gasteiger partial charge in [0, 0.05) is 44.2 Å². The number of hydrogen-bond donors (Lipinski definition) is 1. The maximum Gasteiger partial charge on any atom is 0.193 e. The van der Waals surface area contributed by atoms with Crippen molar-refractivity contribution in [3.05, 3.63) is 34.9 Å². The van der Waals surface area contributed by atoms with Crippen LogP contribution in [0.5, 0.6) is 0 Å². The molecule has 4 nitrogen and oxygen atoms in total. The van der Waals surface area contributed by atoms with E-state index in [4.69, 9.17) is 21.3 Å². The number of nitrogens with one attached hydrogen (secondary N) is 1. The zero-order valence-corrected chi connectivity index (χ0v) is 14.3. The molecule has 1 atom stereocenters. The lowest BCUT2D eigenvalue weighted by Crippen LogP contribution is -2.40. The van der Waals surface area contributed by atoms with Gasteiger partial charge in [-0.05, 0) is 37.5 Å². The Labute approximate surface area is 138 Å². The molecule has 0 saturated carbocycles. The lowest BCUT2D eigenvalue weighted by Gasteiger charge is -2.21. The van der Waals surface area contributed by atoms with Gasteiger partial charge >= 0.3 is 0 Å². The molecule has 1 unspecified atom stereocenters. The number of likely N-dealkylation sites (tertiary alicyclic amines) is 1. The van der Waals surface area contributed by atoms with Crippen molar-refractivity contribution in [2.75, 3.05) is 39.9 Å². The predicted molar refractivity (Wildman–Crippen MR) is 92.7 cm³/mol. The molecule has 1 aliphatic rings. The number of rotatable bonds is 6. The van der Waals surface area contributed by atoms with Crippen LogP contribution in [0.1, 0.15) is 18.9 Å². The van der Waals surface area contributed by atoms with Gasteiger partial charge in [-0.25, -0.2) is 0 Å². The first-order valence-corrected chi connectivity index (χ1v) is 8.37. The average molecular weight is 324 g/mol. The second-order valence-corrected chi connectivity index (χ2v) is 6.10. The Morgan fingerprint density at radius 2 is 2.18 bits per heavy atom. The molecule has 122 valence electrons. The molecule has 1 aliphatic heterocycles. The van der Waals surface area contributed by atoms with Crippen LogP contribution >= 0.6 is 11.6 Å². The van der Waals surface area contributed by atoms with E-state index in [1.54, 1.807) is 7.11 Å². The zero-order valence-electron chi connectivity index (χ0n) is 13.5. The van der Waals surface area contributed by atoms with Gasteiger partial charge in [0.2, 0.25) is 0 Å². The minimum absolute atomic E-state index is 0.616. The molecule has 1 N–H and O–H groups in total. The van der Waals surface area contributed by atoms with Crippen LogP contribution in [0.2, 0.25) is 5.02 Å². The quantitative estimate of drug-likeness (QED) is 0.646. The summed E-state index contributed by atoms with van der Waals surface area (Å²) in [6.07, 6.45) is 2.11. The van der Waals surface area contributed by atoms with Gasteiger partial charge in [-0.1, -0.05) is 23.7 Å². The van der Waals surface area contributed by atoms with E-state index in [2.05, 4.69) is 29.3 Å². The summed E-state index contributed by atoms with van der Waals surface area (Å²) in [5.74, 6) is 1.64. The van der Waals surface area contributed by atoms with Gasteiger partial charge in [0.05, 0.1) is 6.61 Å². The summed E-state index contributed by atoms with van der Waals surface area (Å²) in [6, 6.07) is 7.99. The fourth-order valence-electron chi connectivity index (χ4n) is 2.76. The van der Waals surface area contributed by atoms with Crippen molar-refractivity contribution in [1.29, 1.82) is 0 Å². The Morgan fingerprint density at radius 1 is 1.41 bits per heavy atom. The smallest absolute Gasteiger partial charge is 0.193 e. The van der Waals surface area contributed by atoms with Crippen LogP contribution in [-0.4, -0.2) is 50.8 Å². The lowest BCUT2D eigenvalue weighted by molar-refractivity contribution is 0.157. The standard InChI is InChI=1S/C17H26ClN3O/c1-3-19-17(21-11-9-15(12-21)13-22-2)20-10-8-14-4-6-16(18)7-5-14/h4-7,15H,3,8-13H2,1-2H3,(H,19,20). The molecule has 0 spiro atoms. The Bertz CT molecular complexity index is 475. The van der Waals surface area contributed by atoms with Crippen LogP contribution in [0, 0.1) is 5.92 Å². The fraction of sp³-hybridized carbons (Fsp3) is 0.588. The summed E-state index contributed by atoms with van der Waals surface area (Å²) in [5, 5.41) is 4.18. The summed E-state index contributed by atoms with van der Waals surface area (Å²) in [7, 11) is 1.77. The number of ether oxygens (including phenoxy) is 1. The van der Waals surface area contributed by atoms with Crippen molar-refractivity contribution in [1.82, 2.24) is 10.2 Å². The molecule has 0 amide bonds. The van der Waals surface area contributed by atoms with E-state index in [0.29, 0.717) is 5.92 Å². The number of aliphatic imine (C=N–C) groups is 1. The van der Waals surface area contributed by atoms with Crippen LogP contribution in [0.3, 0.4) is 0 Å². The first kappa shape index (κ1) is 17.1. The van der Waals surface area contributed by atoms with Crippen molar-refractivity contribution in [2.24, 2.45) is 10.9 Å². The molecule has 1 aromatic rings. The van der Waals surface area contributed by atoms with Crippen molar-refractivity contribution in [3.63, 3.8) is 0 Å². The van der Waals surface area contributed by atoms with Crippen LogP contribution in [-0.2, 0) is 11.2 Å². The number of methoxy groups -OCH3 is 1. The van der Waals surface area contributed by atoms with Gasteiger partial charge in [-0.2, -0.15) is 0 Å². The summed E-state index contributed by atoms with van der Waals surface area (Å²) in [5.41, 5.74) is 1.27. The fourth-order valence-corrected chi connectivity index (χ4v) is 2.89. The van der Waals surface area contributed by atoms with Crippen LogP contribution < -0.4 is 5.32 Å². The maximum absolute atomic E-state index is 5.91. The molecule has 0 aliphatic carbocycles. The highest BCUT2D eigenvalue weighted by molar-refractivity contribution is 6.30. The SMILES string of the molecule is CCNC(=NCCc1ccc(Cl)cc1)N1CCC(COC)C1. The largest absolute Gasteiger partial charge is 0.384 e. The molecule has 1 fully saturated rings. The molecule has 1 saturated heterocycles. The lowest BCUT2D eigenvalue weighted by atomic mass is 10.1. The molecule has 0 radical (unpaired) electrons. The Hall–Kier alpha value is -1.26. The van der Waals surface area contributed by atoms with Gasteiger partial charge in [0.25, 0.3) is 0 Å². The normalized spacial score (nSPS) is 18.8. The summed E-state index contributed by atoms with van der Waals surface area (Å²) < 4.78 is 5.26. The molecular formula is C17H26ClN3O. The van der Waals surface area contributed by atoms with Gasteiger partial charge in [0.1, 0.15) is 0 Å². The second-order valence-electron chi connectivity index (χ2n) is 5.67. The third-order valence-electron chi connectivity index (χ3n) is 3.90. The Morgan fingerprint density at radius 3 is 2.86 bits per heavy atom. The van der Waals surface area contributed by atoms with Crippen LogP contribution in [0.15, 0.2) is 29.3 Å². The molecule has 0 aromatic heterocycles. The monoisotopic (exact) mass is 323 g/mol. The third kappa shape index (κ3) is 5.18. The molecule has 22 heavy (non-hydrogen) atoms. The van der Waals surface area contributed by atoms with Crippen molar-refractivity contribution in [3.8, 4) is 0 Å². The van der Waals surface area contributed by atoms with E-state index >= 15 is 0 Å². The first-order chi connectivity index (χ1) is 10.7. The van der Waals surface area contributed by atoms with Crippen LogP contribution in [0.4, 0.5) is 0 Å². The number of halogens is 1. The van der Waals surface area contributed by atoms with Gasteiger partial charge in [0.15, 0.2) is 5.96 Å². The Kier molecular flexibility index (Phi) is 7.00. The number of benzene rings is 1. The van der Waals surface area contributed by atoms with Crippen molar-refractivity contribution < 1.29 is 4.74 Å². The molecule has 1 heterocycles. The van der Waals surface area contributed by atoms with E-state index in [1.807, 2.05) is 12.1 Å². The summed E-state index contributed by atoms with van der Waals surface area (Å²) in [4.78, 5) is 7.11. The minimum atomic E-state index is 0.616. The van der Waals surface area contributed by atoms with Gasteiger partial charge < -0.3 is 15.0 Å². The van der Waals surface area contributed by atoms with E-state index in [1.165, 1.54) is 12.0 Å². The molecule has 5 heteroatoms. The van der Waals surface area contributed by atoms with E-state index < -0.39 is 0 Å². The highest BCUT2D eigenvalue weighted by Gasteiger charge is 2.24. The topological polar surface area (TPSA) is 36.9 Å². The number of hydrogen-bond acceptors (Lipinski definition) is 2. The van der Waals surface area contributed by atoms with Crippen molar-refractivity contribution in [2.45, 2.75) is 19.8 Å². The van der Waals surface area contributed by atoms with E-state index in [0.717, 1.165) is 50.2 Å². The highest BCUT2D eigenvalue weighted by atomic mass is 35.5. The first-order valence-electron chi connectivity index (χ1n) is 7.99. The van der Waals surface area contributed by atoms with E-state index in [9.17, 15) is 0 Å². The Balaban J connectivity index is 1.88. The highest BCUT2D eigenvalue weighted by Crippen LogP contribution is 2.16. The third-order valence-corrected chi connectivity index (χ3v) is 4.15. The minimum Gasteiger partial charge on any atom is -0.384 e. The van der Waals surface area contributed by atoms with Crippen molar-refractivity contribution >= 4 is 17.6 Å². The maximum atomic E-state index is 5.91. The molecular weight excluding hydrogens is 298 g/mol.